The lowest BCUT2D eigenvalue weighted by molar-refractivity contribution is -0.298. The Hall–Kier alpha value is -0.280. The molecule has 7 heteroatoms. The van der Waals surface area contributed by atoms with Gasteiger partial charge in [0, 0.05) is 71.4 Å². The first-order valence-corrected chi connectivity index (χ1v) is 16.9. The third-order valence-corrected chi connectivity index (χ3v) is 12.6. The van der Waals surface area contributed by atoms with Crippen LogP contribution in [0.4, 0.5) is 0 Å². The SMILES string of the molecule is C1CCN(C2(C3CCCO3)N(N3CCC4CCCCC43)C3(CCNC3)CC2(N2CCCC2)N2CCC2)CC1. The number of piperidine rings is 1. The number of likely N-dealkylation sites (tertiary alicyclic amines) is 3. The van der Waals surface area contributed by atoms with E-state index in [0.29, 0.717) is 6.10 Å². The molecule has 8 rings (SSSR count). The van der Waals surface area contributed by atoms with Gasteiger partial charge in [-0.3, -0.25) is 14.7 Å². The van der Waals surface area contributed by atoms with Crippen LogP contribution in [-0.4, -0.2) is 119 Å². The molecule has 1 saturated carbocycles. The Labute approximate surface area is 231 Å². The number of rotatable bonds is 5. The second kappa shape index (κ2) is 9.92. The maximum absolute atomic E-state index is 7.07. The molecule has 0 aromatic rings. The van der Waals surface area contributed by atoms with Crippen molar-refractivity contribution in [3.63, 3.8) is 0 Å². The van der Waals surface area contributed by atoms with Crippen LogP contribution in [0.25, 0.3) is 0 Å². The number of hydrazine groups is 1. The highest BCUT2D eigenvalue weighted by molar-refractivity contribution is 5.29. The van der Waals surface area contributed by atoms with Crippen LogP contribution >= 0.6 is 0 Å². The smallest absolute Gasteiger partial charge is 0.147 e. The Bertz CT molecular complexity index is 843. The van der Waals surface area contributed by atoms with Crippen LogP contribution in [0.2, 0.25) is 0 Å². The van der Waals surface area contributed by atoms with Crippen molar-refractivity contribution in [2.24, 2.45) is 5.92 Å². The van der Waals surface area contributed by atoms with Crippen molar-refractivity contribution in [1.29, 1.82) is 0 Å². The van der Waals surface area contributed by atoms with Gasteiger partial charge in [-0.05, 0) is 83.1 Å². The fourth-order valence-electron chi connectivity index (χ4n) is 11.1. The van der Waals surface area contributed by atoms with E-state index in [4.69, 9.17) is 4.74 Å². The van der Waals surface area contributed by atoms with Gasteiger partial charge in [-0.25, -0.2) is 10.0 Å². The molecule has 1 N–H and O–H groups in total. The first-order valence-electron chi connectivity index (χ1n) is 16.9. The summed E-state index contributed by atoms with van der Waals surface area (Å²) in [5.41, 5.74) is 0.188. The molecule has 7 saturated heterocycles. The Morgan fingerprint density at radius 3 is 2.08 bits per heavy atom. The number of hydrogen-bond donors (Lipinski definition) is 1. The molecule has 0 amide bonds. The molecule has 7 heterocycles. The lowest BCUT2D eigenvalue weighted by atomic mass is 9.78. The third-order valence-electron chi connectivity index (χ3n) is 12.6. The van der Waals surface area contributed by atoms with Crippen LogP contribution < -0.4 is 5.32 Å². The third kappa shape index (κ3) is 3.45. The summed E-state index contributed by atoms with van der Waals surface area (Å²) in [7, 11) is 0. The molecule has 0 radical (unpaired) electrons. The summed E-state index contributed by atoms with van der Waals surface area (Å²) >= 11 is 0. The lowest BCUT2D eigenvalue weighted by Gasteiger charge is -2.67. The first-order chi connectivity index (χ1) is 18.8. The van der Waals surface area contributed by atoms with Gasteiger partial charge in [0.15, 0.2) is 0 Å². The van der Waals surface area contributed by atoms with Crippen LogP contribution in [0.3, 0.4) is 0 Å². The van der Waals surface area contributed by atoms with Crippen molar-refractivity contribution in [3.8, 4) is 0 Å². The molecule has 8 aliphatic rings. The summed E-state index contributed by atoms with van der Waals surface area (Å²) in [6.45, 7) is 12.2. The van der Waals surface area contributed by atoms with E-state index in [1.54, 1.807) is 0 Å². The Morgan fingerprint density at radius 2 is 1.39 bits per heavy atom. The molecule has 8 fully saturated rings. The summed E-state index contributed by atoms with van der Waals surface area (Å²) in [4.78, 5) is 9.15. The number of nitrogens with zero attached hydrogens (tertiary/aromatic N) is 5. The first kappa shape index (κ1) is 25.4. The largest absolute Gasteiger partial charge is 0.375 e. The average molecular weight is 527 g/mol. The quantitative estimate of drug-likeness (QED) is 0.588. The van der Waals surface area contributed by atoms with Gasteiger partial charge < -0.3 is 10.1 Å². The molecular formula is C31H54N6O. The van der Waals surface area contributed by atoms with Gasteiger partial charge in [0.2, 0.25) is 0 Å². The second-order valence-electron chi connectivity index (χ2n) is 14.3. The molecule has 0 aromatic heterocycles. The molecule has 1 aliphatic carbocycles. The lowest BCUT2D eigenvalue weighted by Crippen LogP contribution is -2.85. The van der Waals surface area contributed by atoms with Gasteiger partial charge in [0.05, 0.1) is 11.6 Å². The van der Waals surface area contributed by atoms with E-state index in [2.05, 4.69) is 30.0 Å². The highest BCUT2D eigenvalue weighted by Gasteiger charge is 2.79. The maximum Gasteiger partial charge on any atom is 0.147 e. The molecule has 214 valence electrons. The molecule has 6 atom stereocenters. The molecule has 1 spiro atoms. The zero-order chi connectivity index (χ0) is 25.2. The van der Waals surface area contributed by atoms with Gasteiger partial charge in [0.1, 0.15) is 11.3 Å². The molecule has 7 nitrogen and oxygen atoms in total. The predicted molar refractivity (Wildman–Crippen MR) is 151 cm³/mol. The summed E-state index contributed by atoms with van der Waals surface area (Å²) in [6.07, 6.45) is 20.8. The van der Waals surface area contributed by atoms with E-state index >= 15 is 0 Å². The monoisotopic (exact) mass is 526 g/mol. The van der Waals surface area contributed by atoms with Gasteiger partial charge in [-0.1, -0.05) is 19.3 Å². The molecule has 7 aliphatic heterocycles. The highest BCUT2D eigenvalue weighted by atomic mass is 16.5. The fraction of sp³-hybridized carbons (Fsp3) is 1.00. The second-order valence-corrected chi connectivity index (χ2v) is 14.3. The van der Waals surface area contributed by atoms with Crippen LogP contribution in [0, 0.1) is 5.92 Å². The highest BCUT2D eigenvalue weighted by Crippen LogP contribution is 2.62. The summed E-state index contributed by atoms with van der Waals surface area (Å²) < 4.78 is 7.07. The van der Waals surface area contributed by atoms with E-state index in [9.17, 15) is 0 Å². The van der Waals surface area contributed by atoms with Crippen molar-refractivity contribution in [1.82, 2.24) is 30.0 Å². The minimum atomic E-state index is -0.0764. The molecule has 6 unspecified atom stereocenters. The van der Waals surface area contributed by atoms with E-state index in [-0.39, 0.29) is 16.9 Å². The van der Waals surface area contributed by atoms with E-state index in [1.807, 2.05) is 0 Å². The van der Waals surface area contributed by atoms with E-state index in [0.717, 1.165) is 25.1 Å². The number of nitrogens with one attached hydrogen (secondary N) is 1. The molecule has 0 aromatic carbocycles. The molecule has 0 bridgehead atoms. The van der Waals surface area contributed by atoms with Crippen LogP contribution in [-0.2, 0) is 4.74 Å². The summed E-state index contributed by atoms with van der Waals surface area (Å²) in [6, 6.07) is 0.748. The Kier molecular flexibility index (Phi) is 6.64. The number of ether oxygens (including phenoxy) is 1. The van der Waals surface area contributed by atoms with E-state index < -0.39 is 0 Å². The van der Waals surface area contributed by atoms with Crippen LogP contribution in [0.1, 0.15) is 96.3 Å². The van der Waals surface area contributed by atoms with Gasteiger partial charge >= 0.3 is 0 Å². The predicted octanol–water partition coefficient (Wildman–Crippen LogP) is 3.46. The van der Waals surface area contributed by atoms with Gasteiger partial charge in [-0.15, -0.1) is 0 Å². The van der Waals surface area contributed by atoms with E-state index in [1.165, 1.54) is 149 Å². The van der Waals surface area contributed by atoms with Gasteiger partial charge in [-0.2, -0.15) is 0 Å². The molecule has 38 heavy (non-hydrogen) atoms. The fourth-order valence-corrected chi connectivity index (χ4v) is 11.1. The normalized spacial score (nSPS) is 47.8. The topological polar surface area (TPSA) is 37.5 Å². The van der Waals surface area contributed by atoms with Crippen molar-refractivity contribution in [2.45, 2.75) is 125 Å². The van der Waals surface area contributed by atoms with Gasteiger partial charge in [0.25, 0.3) is 0 Å². The number of hydrogen-bond acceptors (Lipinski definition) is 7. The standard InChI is InChI=1S/C31H54N6O/c1-4-18-35(19-5-1)31(28-12-8-23-38-28)30(34-20-9-21-34,33-16-6-7-17-33)24-29(14-15-32-25-29)37(31)36-22-13-26-10-2-3-11-27(26)36/h26-28,32H,1-25H2. The maximum atomic E-state index is 7.07. The number of fused-ring (bicyclic) bond motifs is 1. The minimum Gasteiger partial charge on any atom is -0.375 e. The summed E-state index contributed by atoms with van der Waals surface area (Å²) in [5, 5.41) is 10.2. The summed E-state index contributed by atoms with van der Waals surface area (Å²) in [5.74, 6) is 0.907. The zero-order valence-electron chi connectivity index (χ0n) is 24.1. The average Bonchev–Trinajstić information content (AvgIpc) is 3.75. The van der Waals surface area contributed by atoms with Crippen LogP contribution in [0.5, 0.6) is 0 Å². The zero-order valence-corrected chi connectivity index (χ0v) is 24.1. The van der Waals surface area contributed by atoms with Crippen molar-refractivity contribution in [2.75, 3.05) is 65.5 Å². The molecular weight excluding hydrogens is 472 g/mol. The minimum absolute atomic E-state index is 0.0624. The Balaban J connectivity index is 1.37. The van der Waals surface area contributed by atoms with Crippen molar-refractivity contribution >= 4 is 0 Å². The van der Waals surface area contributed by atoms with Crippen LogP contribution in [0.15, 0.2) is 0 Å². The van der Waals surface area contributed by atoms with Crippen molar-refractivity contribution < 1.29 is 4.74 Å². The Morgan fingerprint density at radius 1 is 0.658 bits per heavy atom. The van der Waals surface area contributed by atoms with Crippen molar-refractivity contribution in [3.05, 3.63) is 0 Å².